The molecule has 0 radical (unpaired) electrons. The van der Waals surface area contributed by atoms with Gasteiger partial charge in [-0.05, 0) is 30.7 Å². The third kappa shape index (κ3) is 2.31. The van der Waals surface area contributed by atoms with Crippen molar-refractivity contribution in [3.05, 3.63) is 38.7 Å². The van der Waals surface area contributed by atoms with Crippen LogP contribution in [-0.4, -0.2) is 44.1 Å². The van der Waals surface area contributed by atoms with Crippen LogP contribution in [-0.2, 0) is 14.1 Å². The molecule has 1 aliphatic carbocycles. The highest BCUT2D eigenvalue weighted by atomic mass is 16.2. The van der Waals surface area contributed by atoms with Crippen LogP contribution in [0.3, 0.4) is 0 Å². The second kappa shape index (κ2) is 5.52. The van der Waals surface area contributed by atoms with E-state index in [0.717, 1.165) is 17.4 Å². The lowest BCUT2D eigenvalue weighted by Gasteiger charge is -2.19. The number of carbonyl (C=O) groups is 1. The first-order valence-corrected chi connectivity index (χ1v) is 8.49. The molecule has 1 saturated heterocycles. The summed E-state index contributed by atoms with van der Waals surface area (Å²) in [5.74, 6) is 0.707. The highest BCUT2D eigenvalue weighted by Gasteiger charge is 2.42. The van der Waals surface area contributed by atoms with Crippen LogP contribution < -0.4 is 17.0 Å². The number of carbonyl (C=O) groups excluding carboxylic acids is 1. The lowest BCUT2D eigenvalue weighted by atomic mass is 9.98. The zero-order valence-corrected chi connectivity index (χ0v) is 14.3. The molecular weight excluding hydrogens is 322 g/mol. The van der Waals surface area contributed by atoms with Crippen LogP contribution in [0.1, 0.15) is 23.2 Å². The number of hydrogen-bond donors (Lipinski definition) is 1. The Hall–Kier alpha value is -2.48. The molecule has 8 heteroatoms. The second-order valence-corrected chi connectivity index (χ2v) is 7.18. The number of likely N-dealkylation sites (tertiary alicyclic amines) is 1. The van der Waals surface area contributed by atoms with E-state index in [9.17, 15) is 14.4 Å². The number of amides is 1. The Balaban J connectivity index is 1.72. The van der Waals surface area contributed by atoms with Crippen molar-refractivity contribution in [2.45, 2.75) is 18.9 Å². The fraction of sp³-hybridized carbons (Fsp3) is 0.529. The van der Waals surface area contributed by atoms with Gasteiger partial charge in [-0.15, -0.1) is 0 Å². The molecule has 2 aromatic heterocycles. The van der Waals surface area contributed by atoms with Gasteiger partial charge in [-0.25, -0.2) is 9.78 Å². The Kier molecular flexibility index (Phi) is 3.54. The van der Waals surface area contributed by atoms with Crippen LogP contribution >= 0.6 is 0 Å². The Bertz CT molecular complexity index is 992. The Morgan fingerprint density at radius 3 is 2.68 bits per heavy atom. The second-order valence-electron chi connectivity index (χ2n) is 7.18. The maximum absolute atomic E-state index is 12.8. The van der Waals surface area contributed by atoms with Crippen molar-refractivity contribution in [3.8, 4) is 0 Å². The zero-order chi connectivity index (χ0) is 17.9. The maximum Gasteiger partial charge on any atom is 0.332 e. The topological polar surface area (TPSA) is 103 Å². The summed E-state index contributed by atoms with van der Waals surface area (Å²) in [4.78, 5) is 43.2. The molecule has 8 nitrogen and oxygen atoms in total. The number of pyridine rings is 1. The van der Waals surface area contributed by atoms with Gasteiger partial charge in [0.25, 0.3) is 11.5 Å². The standard InChI is InChI=1S/C17H21N5O3/c1-20-14-11(16(24)21(2)17(20)25)5-10(6-19-14)15(23)22-7-9-3-4-13(18)12(9)8-22/h5-6,9,12-13H,3-4,7-8,18H2,1-2H3. The number of nitrogens with two attached hydrogens (primary N) is 1. The molecule has 25 heavy (non-hydrogen) atoms. The van der Waals surface area contributed by atoms with Gasteiger partial charge >= 0.3 is 5.69 Å². The normalized spacial score (nSPS) is 25.6. The quantitative estimate of drug-likeness (QED) is 0.748. The Morgan fingerprint density at radius 2 is 1.96 bits per heavy atom. The maximum atomic E-state index is 12.8. The number of nitrogens with zero attached hydrogens (tertiary/aromatic N) is 4. The van der Waals surface area contributed by atoms with Gasteiger partial charge in [0, 0.05) is 39.4 Å². The molecule has 0 aromatic carbocycles. The van der Waals surface area contributed by atoms with Crippen LogP contribution in [0.25, 0.3) is 11.0 Å². The van der Waals surface area contributed by atoms with Crippen molar-refractivity contribution < 1.29 is 4.79 Å². The van der Waals surface area contributed by atoms with Gasteiger partial charge in [0.05, 0.1) is 10.9 Å². The summed E-state index contributed by atoms with van der Waals surface area (Å²) in [6.07, 6.45) is 3.53. The van der Waals surface area contributed by atoms with Gasteiger partial charge in [0.2, 0.25) is 0 Å². The van der Waals surface area contributed by atoms with E-state index in [-0.39, 0.29) is 23.0 Å². The molecule has 1 saturated carbocycles. The predicted molar refractivity (Wildman–Crippen MR) is 92.3 cm³/mol. The number of rotatable bonds is 1. The first kappa shape index (κ1) is 16.0. The van der Waals surface area contributed by atoms with Crippen LogP contribution in [0.5, 0.6) is 0 Å². The van der Waals surface area contributed by atoms with E-state index < -0.39 is 11.2 Å². The van der Waals surface area contributed by atoms with E-state index in [2.05, 4.69) is 4.98 Å². The fourth-order valence-electron chi connectivity index (χ4n) is 4.24. The third-order valence-corrected chi connectivity index (χ3v) is 5.74. The van der Waals surface area contributed by atoms with Gasteiger partial charge in [-0.2, -0.15) is 0 Å². The van der Waals surface area contributed by atoms with Crippen molar-refractivity contribution in [1.29, 1.82) is 0 Å². The monoisotopic (exact) mass is 343 g/mol. The average molecular weight is 343 g/mol. The average Bonchev–Trinajstić information content (AvgIpc) is 3.19. The minimum atomic E-state index is -0.444. The van der Waals surface area contributed by atoms with E-state index in [0.29, 0.717) is 30.5 Å². The van der Waals surface area contributed by atoms with Gasteiger partial charge in [-0.1, -0.05) is 0 Å². The summed E-state index contributed by atoms with van der Waals surface area (Å²) >= 11 is 0. The Morgan fingerprint density at radius 1 is 1.20 bits per heavy atom. The molecule has 3 atom stereocenters. The summed E-state index contributed by atoms with van der Waals surface area (Å²) in [6.45, 7) is 1.37. The predicted octanol–water partition coefficient (Wildman–Crippen LogP) is -0.558. The number of aromatic nitrogens is 3. The summed E-state index contributed by atoms with van der Waals surface area (Å²) in [5.41, 5.74) is 5.91. The van der Waals surface area contributed by atoms with E-state index in [4.69, 9.17) is 5.73 Å². The van der Waals surface area contributed by atoms with Crippen LogP contribution in [0.15, 0.2) is 21.9 Å². The summed E-state index contributed by atoms with van der Waals surface area (Å²) < 4.78 is 2.34. The first-order valence-electron chi connectivity index (χ1n) is 8.49. The first-order chi connectivity index (χ1) is 11.9. The lowest BCUT2D eigenvalue weighted by molar-refractivity contribution is 0.0779. The summed E-state index contributed by atoms with van der Waals surface area (Å²) in [7, 11) is 2.98. The van der Waals surface area contributed by atoms with Crippen LogP contribution in [0.2, 0.25) is 0 Å². The van der Waals surface area contributed by atoms with Gasteiger partial charge < -0.3 is 10.6 Å². The molecule has 132 valence electrons. The summed E-state index contributed by atoms with van der Waals surface area (Å²) in [6, 6.07) is 1.71. The van der Waals surface area contributed by atoms with E-state index in [1.807, 2.05) is 4.90 Å². The number of aryl methyl sites for hydroxylation is 1. The fourth-order valence-corrected chi connectivity index (χ4v) is 4.24. The van der Waals surface area contributed by atoms with Gasteiger partial charge in [0.15, 0.2) is 0 Å². The van der Waals surface area contributed by atoms with Crippen molar-refractivity contribution in [1.82, 2.24) is 19.0 Å². The van der Waals surface area contributed by atoms with Crippen molar-refractivity contribution in [2.75, 3.05) is 13.1 Å². The highest BCUT2D eigenvalue weighted by molar-refractivity contribution is 5.97. The molecule has 3 unspecified atom stereocenters. The molecule has 4 rings (SSSR count). The number of hydrogen-bond acceptors (Lipinski definition) is 5. The largest absolute Gasteiger partial charge is 0.338 e. The minimum absolute atomic E-state index is 0.132. The lowest BCUT2D eigenvalue weighted by Crippen LogP contribution is -2.37. The van der Waals surface area contributed by atoms with Crippen LogP contribution in [0.4, 0.5) is 0 Å². The smallest absolute Gasteiger partial charge is 0.332 e. The molecule has 3 heterocycles. The molecular formula is C17H21N5O3. The molecule has 1 amide bonds. The molecule has 1 aliphatic heterocycles. The molecule has 2 aromatic rings. The number of fused-ring (bicyclic) bond motifs is 2. The minimum Gasteiger partial charge on any atom is -0.338 e. The third-order valence-electron chi connectivity index (χ3n) is 5.74. The van der Waals surface area contributed by atoms with E-state index >= 15 is 0 Å². The Labute approximate surface area is 143 Å². The molecule has 2 aliphatic rings. The van der Waals surface area contributed by atoms with Gasteiger partial charge in [0.1, 0.15) is 5.65 Å². The molecule has 0 bridgehead atoms. The zero-order valence-electron chi connectivity index (χ0n) is 14.3. The van der Waals surface area contributed by atoms with Crippen molar-refractivity contribution in [3.63, 3.8) is 0 Å². The highest BCUT2D eigenvalue weighted by Crippen LogP contribution is 2.37. The van der Waals surface area contributed by atoms with Crippen LogP contribution in [0, 0.1) is 11.8 Å². The van der Waals surface area contributed by atoms with Crippen molar-refractivity contribution >= 4 is 16.9 Å². The van der Waals surface area contributed by atoms with E-state index in [1.165, 1.54) is 17.8 Å². The molecule has 2 fully saturated rings. The van der Waals surface area contributed by atoms with Crippen molar-refractivity contribution in [2.24, 2.45) is 31.7 Å². The molecule has 2 N–H and O–H groups in total. The van der Waals surface area contributed by atoms with E-state index in [1.54, 1.807) is 13.1 Å². The summed E-state index contributed by atoms with van der Waals surface area (Å²) in [5, 5.41) is 0.270. The molecule has 0 spiro atoms. The SMILES string of the molecule is Cn1c(=O)c2cc(C(=O)N3CC4CCC(N)C4C3)cnc2n(C)c1=O. The van der Waals surface area contributed by atoms with Gasteiger partial charge in [-0.3, -0.25) is 18.7 Å².